The highest BCUT2D eigenvalue weighted by Crippen LogP contribution is 2.20. The van der Waals surface area contributed by atoms with E-state index in [1.54, 1.807) is 17.5 Å². The number of aromatic nitrogens is 2. The van der Waals surface area contributed by atoms with Crippen molar-refractivity contribution in [2.75, 3.05) is 0 Å². The minimum Gasteiger partial charge on any atom is -0.264 e. The van der Waals surface area contributed by atoms with Crippen LogP contribution in [0, 0.1) is 0 Å². The van der Waals surface area contributed by atoms with Gasteiger partial charge in [0.15, 0.2) is 0 Å². The lowest BCUT2D eigenvalue weighted by molar-refractivity contribution is 1.15. The number of hydrogen-bond donors (Lipinski definition) is 0. The van der Waals surface area contributed by atoms with Crippen molar-refractivity contribution < 1.29 is 0 Å². The lowest BCUT2D eigenvalue weighted by Gasteiger charge is -2.00. The summed E-state index contributed by atoms with van der Waals surface area (Å²) in [6.07, 6.45) is 4.62. The third kappa shape index (κ3) is 1.82. The minimum atomic E-state index is 0.918. The summed E-state index contributed by atoms with van der Waals surface area (Å²) >= 11 is 1.68. The molecule has 3 aromatic rings. The Kier molecular flexibility index (Phi) is 2.38. The molecule has 0 radical (unpaired) electrons. The Morgan fingerprint density at radius 3 is 3.00 bits per heavy atom. The smallest absolute Gasteiger partial charge is 0.0814 e. The number of pyridine rings is 1. The summed E-state index contributed by atoms with van der Waals surface area (Å²) in [7, 11) is 0. The highest BCUT2D eigenvalue weighted by atomic mass is 32.1. The van der Waals surface area contributed by atoms with E-state index in [0.29, 0.717) is 0 Å². The van der Waals surface area contributed by atoms with Crippen molar-refractivity contribution in [3.63, 3.8) is 0 Å². The van der Waals surface area contributed by atoms with Gasteiger partial charge in [0.05, 0.1) is 15.7 Å². The van der Waals surface area contributed by atoms with Crippen LogP contribution in [0.2, 0.25) is 0 Å². The van der Waals surface area contributed by atoms with E-state index in [4.69, 9.17) is 0 Å². The fourth-order valence-electron chi connectivity index (χ4n) is 1.75. The molecule has 0 aliphatic rings. The molecule has 0 saturated carbocycles. The Labute approximate surface area is 97.6 Å². The van der Waals surface area contributed by atoms with E-state index in [1.807, 2.05) is 17.8 Å². The molecule has 0 saturated heterocycles. The van der Waals surface area contributed by atoms with Crippen LogP contribution in [-0.4, -0.2) is 9.97 Å². The van der Waals surface area contributed by atoms with E-state index in [2.05, 4.69) is 34.2 Å². The second-order valence-corrected chi connectivity index (χ2v) is 4.58. The standard InChI is InChI=1S/C13H10N2S/c1-2-11(8-14-5-1)6-10-3-4-13-12(7-10)15-9-16-13/h1-5,7-9H,6H2. The molecule has 16 heavy (non-hydrogen) atoms. The SMILES string of the molecule is c1cncc(Cc2ccc3scnc3c2)c1. The average molecular weight is 226 g/mol. The molecule has 0 atom stereocenters. The van der Waals surface area contributed by atoms with Crippen LogP contribution in [-0.2, 0) is 6.42 Å². The molecule has 3 rings (SSSR count). The van der Waals surface area contributed by atoms with E-state index in [1.165, 1.54) is 15.8 Å². The van der Waals surface area contributed by atoms with Crippen molar-refractivity contribution in [3.8, 4) is 0 Å². The lowest BCUT2D eigenvalue weighted by Crippen LogP contribution is -1.88. The number of nitrogens with zero attached hydrogens (tertiary/aromatic N) is 2. The minimum absolute atomic E-state index is 0.918. The zero-order valence-corrected chi connectivity index (χ0v) is 9.45. The number of thiazole rings is 1. The van der Waals surface area contributed by atoms with Gasteiger partial charge in [0.2, 0.25) is 0 Å². The van der Waals surface area contributed by atoms with Gasteiger partial charge in [-0.15, -0.1) is 11.3 Å². The van der Waals surface area contributed by atoms with Crippen LogP contribution < -0.4 is 0 Å². The summed E-state index contributed by atoms with van der Waals surface area (Å²) in [5.74, 6) is 0. The number of fused-ring (bicyclic) bond motifs is 1. The summed E-state index contributed by atoms with van der Waals surface area (Å²) in [6.45, 7) is 0. The van der Waals surface area contributed by atoms with Crippen molar-refractivity contribution in [1.82, 2.24) is 9.97 Å². The third-order valence-electron chi connectivity index (χ3n) is 2.53. The molecule has 2 nitrogen and oxygen atoms in total. The normalized spacial score (nSPS) is 10.8. The van der Waals surface area contributed by atoms with E-state index in [0.717, 1.165) is 11.9 Å². The van der Waals surface area contributed by atoms with Gasteiger partial charge in [-0.05, 0) is 35.7 Å². The van der Waals surface area contributed by atoms with Gasteiger partial charge in [0.1, 0.15) is 0 Å². The zero-order valence-electron chi connectivity index (χ0n) is 8.63. The summed E-state index contributed by atoms with van der Waals surface area (Å²) in [4.78, 5) is 8.44. The van der Waals surface area contributed by atoms with Crippen molar-refractivity contribution in [3.05, 3.63) is 59.4 Å². The Bertz CT molecular complexity index is 601. The predicted octanol–water partition coefficient (Wildman–Crippen LogP) is 3.28. The average Bonchev–Trinajstić information content (AvgIpc) is 2.77. The van der Waals surface area contributed by atoms with Gasteiger partial charge in [0, 0.05) is 12.4 Å². The molecular formula is C13H10N2S. The first kappa shape index (κ1) is 9.48. The number of hydrogen-bond acceptors (Lipinski definition) is 3. The van der Waals surface area contributed by atoms with Crippen LogP contribution in [0.3, 0.4) is 0 Å². The number of benzene rings is 1. The molecular weight excluding hydrogens is 216 g/mol. The van der Waals surface area contributed by atoms with E-state index < -0.39 is 0 Å². The van der Waals surface area contributed by atoms with Gasteiger partial charge in [-0.25, -0.2) is 4.98 Å². The Morgan fingerprint density at radius 2 is 2.12 bits per heavy atom. The molecule has 0 aliphatic heterocycles. The number of rotatable bonds is 2. The van der Waals surface area contributed by atoms with Gasteiger partial charge in [0.25, 0.3) is 0 Å². The molecule has 0 unspecified atom stereocenters. The third-order valence-corrected chi connectivity index (χ3v) is 3.34. The fourth-order valence-corrected chi connectivity index (χ4v) is 2.41. The maximum atomic E-state index is 4.32. The molecule has 78 valence electrons. The molecule has 2 heterocycles. The Hall–Kier alpha value is -1.74. The maximum Gasteiger partial charge on any atom is 0.0814 e. The van der Waals surface area contributed by atoms with Crippen molar-refractivity contribution in [2.24, 2.45) is 0 Å². The predicted molar refractivity (Wildman–Crippen MR) is 66.7 cm³/mol. The van der Waals surface area contributed by atoms with E-state index in [-0.39, 0.29) is 0 Å². The van der Waals surface area contributed by atoms with E-state index in [9.17, 15) is 0 Å². The van der Waals surface area contributed by atoms with Crippen LogP contribution >= 0.6 is 11.3 Å². The van der Waals surface area contributed by atoms with Gasteiger partial charge >= 0.3 is 0 Å². The summed E-state index contributed by atoms with van der Waals surface area (Å²) in [5.41, 5.74) is 5.49. The van der Waals surface area contributed by atoms with Gasteiger partial charge in [-0.1, -0.05) is 12.1 Å². The van der Waals surface area contributed by atoms with E-state index >= 15 is 0 Å². The molecule has 0 N–H and O–H groups in total. The largest absolute Gasteiger partial charge is 0.264 e. The zero-order chi connectivity index (χ0) is 10.8. The Morgan fingerprint density at radius 1 is 1.12 bits per heavy atom. The summed E-state index contributed by atoms with van der Waals surface area (Å²) in [5, 5.41) is 0. The maximum absolute atomic E-state index is 4.32. The molecule has 3 heteroatoms. The molecule has 0 fully saturated rings. The second kappa shape index (κ2) is 4.02. The summed E-state index contributed by atoms with van der Waals surface area (Å²) < 4.78 is 1.25. The fraction of sp³-hybridized carbons (Fsp3) is 0.0769. The summed E-state index contributed by atoms with van der Waals surface area (Å²) in [6, 6.07) is 10.5. The molecule has 0 aliphatic carbocycles. The second-order valence-electron chi connectivity index (χ2n) is 3.69. The first-order valence-corrected chi connectivity index (χ1v) is 6.01. The lowest BCUT2D eigenvalue weighted by atomic mass is 10.1. The molecule has 1 aromatic carbocycles. The van der Waals surface area contributed by atoms with Crippen LogP contribution in [0.1, 0.15) is 11.1 Å². The van der Waals surface area contributed by atoms with Crippen molar-refractivity contribution >= 4 is 21.6 Å². The molecule has 0 bridgehead atoms. The molecule has 2 aromatic heterocycles. The van der Waals surface area contributed by atoms with Crippen LogP contribution in [0.25, 0.3) is 10.2 Å². The van der Waals surface area contributed by atoms with Crippen LogP contribution in [0.5, 0.6) is 0 Å². The quantitative estimate of drug-likeness (QED) is 0.670. The highest BCUT2D eigenvalue weighted by molar-refractivity contribution is 7.16. The van der Waals surface area contributed by atoms with Crippen LogP contribution in [0.4, 0.5) is 0 Å². The Balaban J connectivity index is 1.94. The first-order chi connectivity index (χ1) is 7.92. The van der Waals surface area contributed by atoms with Gasteiger partial charge in [-0.3, -0.25) is 4.98 Å². The van der Waals surface area contributed by atoms with Crippen molar-refractivity contribution in [2.45, 2.75) is 6.42 Å². The molecule has 0 amide bonds. The van der Waals surface area contributed by atoms with Gasteiger partial charge < -0.3 is 0 Å². The molecule has 0 spiro atoms. The van der Waals surface area contributed by atoms with Crippen LogP contribution in [0.15, 0.2) is 48.2 Å². The highest BCUT2D eigenvalue weighted by Gasteiger charge is 2.00. The monoisotopic (exact) mass is 226 g/mol. The first-order valence-electron chi connectivity index (χ1n) is 5.13. The topological polar surface area (TPSA) is 25.8 Å². The van der Waals surface area contributed by atoms with Crippen molar-refractivity contribution in [1.29, 1.82) is 0 Å². The van der Waals surface area contributed by atoms with Gasteiger partial charge in [-0.2, -0.15) is 0 Å².